The number of ether oxygens (including phenoxy) is 1. The molecule has 1 aromatic heterocycles. The highest BCUT2D eigenvalue weighted by molar-refractivity contribution is 7.22. The van der Waals surface area contributed by atoms with Crippen molar-refractivity contribution in [3.05, 3.63) is 77.9 Å². The molecule has 176 valence electrons. The number of aromatic hydroxyl groups is 2. The fourth-order valence-corrected chi connectivity index (χ4v) is 5.91. The second-order valence-corrected chi connectivity index (χ2v) is 10.1. The van der Waals surface area contributed by atoms with Gasteiger partial charge in [0.05, 0.1) is 0 Å². The van der Waals surface area contributed by atoms with E-state index in [-0.39, 0.29) is 11.5 Å². The normalized spacial score (nSPS) is 17.3. The van der Waals surface area contributed by atoms with Gasteiger partial charge in [0.25, 0.3) is 0 Å². The Kier molecular flexibility index (Phi) is 6.46. The lowest BCUT2D eigenvalue weighted by molar-refractivity contribution is 0.221. The van der Waals surface area contributed by atoms with Gasteiger partial charge >= 0.3 is 0 Å². The summed E-state index contributed by atoms with van der Waals surface area (Å²) >= 11 is 1.52. The lowest BCUT2D eigenvalue weighted by Gasteiger charge is -2.17. The first-order valence-electron chi connectivity index (χ1n) is 11.7. The van der Waals surface area contributed by atoms with Crippen LogP contribution >= 0.6 is 11.3 Å². The summed E-state index contributed by atoms with van der Waals surface area (Å²) in [6.07, 6.45) is 0.414. The summed E-state index contributed by atoms with van der Waals surface area (Å²) in [5.74, 6) is 1.95. The van der Waals surface area contributed by atoms with Gasteiger partial charge < -0.3 is 20.1 Å². The van der Waals surface area contributed by atoms with E-state index in [2.05, 4.69) is 11.8 Å². The van der Waals surface area contributed by atoms with Gasteiger partial charge in [-0.25, -0.2) is 0 Å². The quantitative estimate of drug-likeness (QED) is 0.316. The molecule has 1 aliphatic rings. The zero-order chi connectivity index (χ0) is 23.7. The van der Waals surface area contributed by atoms with Crippen molar-refractivity contribution in [2.75, 3.05) is 26.2 Å². The summed E-state index contributed by atoms with van der Waals surface area (Å²) in [7, 11) is 0. The summed E-state index contributed by atoms with van der Waals surface area (Å²) in [5.41, 5.74) is 2.47. The third-order valence-corrected chi connectivity index (χ3v) is 7.71. The van der Waals surface area contributed by atoms with E-state index in [1.165, 1.54) is 17.8 Å². The number of hydrogen-bond donors (Lipinski definition) is 3. The van der Waals surface area contributed by atoms with Gasteiger partial charge in [-0.3, -0.25) is 4.90 Å². The number of phenols is 2. The summed E-state index contributed by atoms with van der Waals surface area (Å²) in [5, 5.41) is 32.0. The SMILES string of the molecule is CC1CCN(CCOc2ccc(C(O)c3c(-c4ccc(O)cc4)sc4cc(O)ccc34)cc2)C1. The molecule has 1 saturated heterocycles. The highest BCUT2D eigenvalue weighted by atomic mass is 32.1. The standard InChI is InChI=1S/C28H29NO4S/c1-18-12-13-29(17-18)14-15-33-23-9-4-19(5-10-23)27(32)26-24-11-8-22(31)16-25(24)34-28(26)20-2-6-21(30)7-3-20/h2-11,16,18,27,30-32H,12-15,17H2,1H3. The maximum Gasteiger partial charge on any atom is 0.119 e. The predicted octanol–water partition coefficient (Wildman–Crippen LogP) is 5.78. The number of thiophene rings is 1. The van der Waals surface area contributed by atoms with Crippen LogP contribution in [0.15, 0.2) is 66.7 Å². The molecular weight excluding hydrogens is 446 g/mol. The number of aliphatic hydroxyl groups is 1. The second kappa shape index (κ2) is 9.66. The zero-order valence-electron chi connectivity index (χ0n) is 19.1. The number of rotatable bonds is 7. The van der Waals surface area contributed by atoms with E-state index in [4.69, 9.17) is 4.74 Å². The molecule has 6 heteroatoms. The number of likely N-dealkylation sites (tertiary alicyclic amines) is 1. The van der Waals surface area contributed by atoms with Crippen molar-refractivity contribution in [2.45, 2.75) is 19.4 Å². The first-order valence-corrected chi connectivity index (χ1v) is 12.5. The Morgan fingerprint density at radius 2 is 1.74 bits per heavy atom. The minimum atomic E-state index is -0.845. The van der Waals surface area contributed by atoms with Gasteiger partial charge in [0, 0.05) is 28.2 Å². The first-order chi connectivity index (χ1) is 16.5. The van der Waals surface area contributed by atoms with Gasteiger partial charge in [0.15, 0.2) is 0 Å². The first kappa shape index (κ1) is 22.7. The largest absolute Gasteiger partial charge is 0.508 e. The van der Waals surface area contributed by atoms with Crippen molar-refractivity contribution in [1.29, 1.82) is 0 Å². The Labute approximate surface area is 203 Å². The van der Waals surface area contributed by atoms with Crippen LogP contribution in [-0.4, -0.2) is 46.5 Å². The Morgan fingerprint density at radius 3 is 2.44 bits per heavy atom. The van der Waals surface area contributed by atoms with Gasteiger partial charge in [-0.2, -0.15) is 0 Å². The van der Waals surface area contributed by atoms with E-state index in [0.717, 1.165) is 63.0 Å². The highest BCUT2D eigenvalue weighted by Crippen LogP contribution is 2.45. The van der Waals surface area contributed by atoms with Gasteiger partial charge in [-0.15, -0.1) is 11.3 Å². The fourth-order valence-electron chi connectivity index (χ4n) is 4.64. The Balaban J connectivity index is 1.38. The Bertz CT molecular complexity index is 1270. The van der Waals surface area contributed by atoms with Crippen molar-refractivity contribution in [2.24, 2.45) is 5.92 Å². The predicted molar refractivity (Wildman–Crippen MR) is 137 cm³/mol. The van der Waals surface area contributed by atoms with Crippen LogP contribution in [0.2, 0.25) is 0 Å². The third-order valence-electron chi connectivity index (χ3n) is 6.50. The summed E-state index contributed by atoms with van der Waals surface area (Å²) in [4.78, 5) is 3.35. The molecular formula is C28H29NO4S. The molecule has 0 radical (unpaired) electrons. The van der Waals surface area contributed by atoms with Gasteiger partial charge in [0.2, 0.25) is 0 Å². The maximum atomic E-state index is 11.4. The second-order valence-electron chi connectivity index (χ2n) is 9.09. The fraction of sp³-hybridized carbons (Fsp3) is 0.286. The molecule has 1 aliphatic heterocycles. The molecule has 2 unspecified atom stereocenters. The van der Waals surface area contributed by atoms with Crippen molar-refractivity contribution < 1.29 is 20.1 Å². The summed E-state index contributed by atoms with van der Waals surface area (Å²) in [6, 6.07) is 19.8. The smallest absolute Gasteiger partial charge is 0.119 e. The van der Waals surface area contributed by atoms with Crippen LogP contribution in [0.3, 0.4) is 0 Å². The van der Waals surface area contributed by atoms with E-state index in [1.54, 1.807) is 24.3 Å². The van der Waals surface area contributed by atoms with Crippen LogP contribution in [-0.2, 0) is 0 Å². The number of nitrogens with zero attached hydrogens (tertiary/aromatic N) is 1. The van der Waals surface area contributed by atoms with Crippen LogP contribution in [0.5, 0.6) is 17.2 Å². The number of fused-ring (bicyclic) bond motifs is 1. The number of hydrogen-bond acceptors (Lipinski definition) is 6. The Morgan fingerprint density at radius 1 is 1.00 bits per heavy atom. The third kappa shape index (κ3) is 4.75. The summed E-state index contributed by atoms with van der Waals surface area (Å²) in [6.45, 7) is 6.16. The molecule has 0 bridgehead atoms. The molecule has 1 fully saturated rings. The molecule has 0 spiro atoms. The van der Waals surface area contributed by atoms with Crippen LogP contribution in [0.25, 0.3) is 20.5 Å². The number of benzene rings is 3. The molecule has 0 saturated carbocycles. The average molecular weight is 476 g/mol. The monoisotopic (exact) mass is 475 g/mol. The van der Waals surface area contributed by atoms with E-state index < -0.39 is 6.10 Å². The molecule has 2 heterocycles. The van der Waals surface area contributed by atoms with Crippen molar-refractivity contribution in [3.8, 4) is 27.7 Å². The minimum Gasteiger partial charge on any atom is -0.508 e. The van der Waals surface area contributed by atoms with Crippen LogP contribution in [0.4, 0.5) is 0 Å². The van der Waals surface area contributed by atoms with E-state index in [1.807, 2.05) is 42.5 Å². The highest BCUT2D eigenvalue weighted by Gasteiger charge is 2.23. The van der Waals surface area contributed by atoms with Crippen molar-refractivity contribution in [3.63, 3.8) is 0 Å². The molecule has 0 amide bonds. The number of phenolic OH excluding ortho intramolecular Hbond substituents is 2. The van der Waals surface area contributed by atoms with E-state index in [9.17, 15) is 15.3 Å². The minimum absolute atomic E-state index is 0.192. The molecule has 3 aromatic carbocycles. The molecule has 4 aromatic rings. The Hall–Kier alpha value is -3.06. The molecule has 3 N–H and O–H groups in total. The number of aliphatic hydroxyl groups excluding tert-OH is 1. The van der Waals surface area contributed by atoms with Crippen molar-refractivity contribution in [1.82, 2.24) is 4.90 Å². The molecule has 34 heavy (non-hydrogen) atoms. The molecule has 5 nitrogen and oxygen atoms in total. The molecule has 2 atom stereocenters. The maximum absolute atomic E-state index is 11.4. The van der Waals surface area contributed by atoms with Gasteiger partial charge in [-0.05, 0) is 90.0 Å². The molecule has 5 rings (SSSR count). The van der Waals surface area contributed by atoms with E-state index >= 15 is 0 Å². The van der Waals surface area contributed by atoms with Gasteiger partial charge in [-0.1, -0.05) is 19.1 Å². The lowest BCUT2D eigenvalue weighted by Crippen LogP contribution is -2.25. The topological polar surface area (TPSA) is 73.2 Å². The van der Waals surface area contributed by atoms with Crippen LogP contribution in [0, 0.1) is 5.92 Å². The average Bonchev–Trinajstić information content (AvgIpc) is 3.42. The zero-order valence-corrected chi connectivity index (χ0v) is 20.0. The van der Waals surface area contributed by atoms with Crippen LogP contribution < -0.4 is 4.74 Å². The van der Waals surface area contributed by atoms with Crippen molar-refractivity contribution >= 4 is 21.4 Å². The summed E-state index contributed by atoms with van der Waals surface area (Å²) < 4.78 is 6.84. The van der Waals surface area contributed by atoms with Gasteiger partial charge in [0.1, 0.15) is 30.0 Å². The van der Waals surface area contributed by atoms with E-state index in [0.29, 0.717) is 6.61 Å². The molecule has 0 aliphatic carbocycles. The van der Waals surface area contributed by atoms with Crippen LogP contribution in [0.1, 0.15) is 30.6 Å². The lowest BCUT2D eigenvalue weighted by atomic mass is 9.96.